The van der Waals surface area contributed by atoms with E-state index in [9.17, 15) is 0 Å². The summed E-state index contributed by atoms with van der Waals surface area (Å²) in [6.07, 6.45) is 0.927. The van der Waals surface area contributed by atoms with Crippen LogP contribution in [0.5, 0.6) is 5.75 Å². The summed E-state index contributed by atoms with van der Waals surface area (Å²) in [6.45, 7) is 8.14. The average Bonchev–Trinajstić information content (AvgIpc) is 2.88. The summed E-state index contributed by atoms with van der Waals surface area (Å²) >= 11 is 0. The van der Waals surface area contributed by atoms with Crippen molar-refractivity contribution in [1.29, 1.82) is 0 Å². The average molecular weight is 287 g/mol. The lowest BCUT2D eigenvalue weighted by atomic mass is 10.0. The van der Waals surface area contributed by atoms with E-state index in [2.05, 4.69) is 47.1 Å². The Morgan fingerprint density at radius 1 is 1.29 bits per heavy atom. The molecule has 0 saturated carbocycles. The molecule has 0 fully saturated rings. The van der Waals surface area contributed by atoms with Gasteiger partial charge in [0.25, 0.3) is 0 Å². The van der Waals surface area contributed by atoms with Gasteiger partial charge in [0.2, 0.25) is 0 Å². The number of nitrogens with zero attached hydrogens (tertiary/aromatic N) is 2. The van der Waals surface area contributed by atoms with Gasteiger partial charge in [-0.2, -0.15) is 5.10 Å². The molecule has 0 aliphatic rings. The summed E-state index contributed by atoms with van der Waals surface area (Å²) in [4.78, 5) is 0. The van der Waals surface area contributed by atoms with Gasteiger partial charge in [-0.15, -0.1) is 0 Å². The molecule has 1 atom stereocenters. The second-order valence-corrected chi connectivity index (χ2v) is 5.19. The Morgan fingerprint density at radius 3 is 2.76 bits per heavy atom. The number of benzene rings is 1. The highest BCUT2D eigenvalue weighted by Crippen LogP contribution is 2.22. The zero-order valence-electron chi connectivity index (χ0n) is 13.4. The van der Waals surface area contributed by atoms with Gasteiger partial charge in [-0.3, -0.25) is 4.68 Å². The number of ether oxygens (including phenoxy) is 1. The molecule has 0 bridgehead atoms. The van der Waals surface area contributed by atoms with Crippen LogP contribution in [-0.4, -0.2) is 23.4 Å². The van der Waals surface area contributed by atoms with Crippen LogP contribution in [0.15, 0.2) is 30.3 Å². The van der Waals surface area contributed by atoms with Gasteiger partial charge in [0.05, 0.1) is 24.5 Å². The maximum absolute atomic E-state index is 5.31. The molecular weight excluding hydrogens is 262 g/mol. The smallest absolute Gasteiger partial charge is 0.119 e. The third-order valence-electron chi connectivity index (χ3n) is 3.61. The minimum atomic E-state index is 0.267. The molecule has 2 rings (SSSR count). The molecule has 1 N–H and O–H groups in total. The molecule has 1 aromatic heterocycles. The zero-order valence-corrected chi connectivity index (χ0v) is 13.4. The van der Waals surface area contributed by atoms with Gasteiger partial charge in [-0.05, 0) is 50.6 Å². The number of aryl methyl sites for hydroxylation is 2. The van der Waals surface area contributed by atoms with Crippen molar-refractivity contribution in [2.45, 2.75) is 39.8 Å². The van der Waals surface area contributed by atoms with Crippen LogP contribution < -0.4 is 10.1 Å². The summed E-state index contributed by atoms with van der Waals surface area (Å²) in [7, 11) is 1.70. The number of methoxy groups -OCH3 is 1. The number of nitrogens with one attached hydrogen (secondary N) is 1. The van der Waals surface area contributed by atoms with Crippen LogP contribution in [0, 0.1) is 6.92 Å². The molecule has 4 heteroatoms. The molecule has 0 radical (unpaired) electrons. The van der Waals surface area contributed by atoms with Crippen molar-refractivity contribution in [1.82, 2.24) is 15.1 Å². The van der Waals surface area contributed by atoms with Crippen LogP contribution in [0.25, 0.3) is 0 Å². The summed E-state index contributed by atoms with van der Waals surface area (Å²) in [5.41, 5.74) is 3.59. The van der Waals surface area contributed by atoms with E-state index in [-0.39, 0.29) is 6.04 Å². The van der Waals surface area contributed by atoms with Crippen molar-refractivity contribution in [3.8, 4) is 5.75 Å². The second kappa shape index (κ2) is 7.27. The molecule has 21 heavy (non-hydrogen) atoms. The van der Waals surface area contributed by atoms with Gasteiger partial charge in [0.15, 0.2) is 0 Å². The lowest BCUT2D eigenvalue weighted by Crippen LogP contribution is -2.25. The molecule has 0 aliphatic carbocycles. The first kappa shape index (κ1) is 15.6. The van der Waals surface area contributed by atoms with Crippen LogP contribution in [-0.2, 0) is 13.0 Å². The van der Waals surface area contributed by atoms with Gasteiger partial charge in [0, 0.05) is 6.54 Å². The van der Waals surface area contributed by atoms with Crippen LogP contribution >= 0.6 is 0 Å². The first-order valence-electron chi connectivity index (χ1n) is 7.58. The van der Waals surface area contributed by atoms with E-state index in [0.29, 0.717) is 0 Å². The number of hydrogen-bond acceptors (Lipinski definition) is 3. The lowest BCUT2D eigenvalue weighted by molar-refractivity contribution is 0.413. The van der Waals surface area contributed by atoms with Crippen LogP contribution in [0.4, 0.5) is 0 Å². The van der Waals surface area contributed by atoms with Crippen molar-refractivity contribution < 1.29 is 4.74 Å². The predicted molar refractivity (Wildman–Crippen MR) is 85.8 cm³/mol. The Hall–Kier alpha value is -1.81. The molecule has 4 nitrogen and oxygen atoms in total. The first-order chi connectivity index (χ1) is 10.2. The second-order valence-electron chi connectivity index (χ2n) is 5.19. The molecule has 1 heterocycles. The Labute approximate surface area is 127 Å². The maximum atomic E-state index is 5.31. The minimum Gasteiger partial charge on any atom is -0.497 e. The Balaban J connectivity index is 2.25. The molecule has 1 unspecified atom stereocenters. The highest BCUT2D eigenvalue weighted by molar-refractivity contribution is 5.30. The Bertz CT molecular complexity index is 577. The number of aromatic nitrogens is 2. The van der Waals surface area contributed by atoms with Crippen LogP contribution in [0.3, 0.4) is 0 Å². The standard InChI is InChI=1S/C17H25N3O/c1-5-18-16(17-10-13(3)19-20(17)6-2)12-14-8-7-9-15(11-14)21-4/h7-11,16,18H,5-6,12H2,1-4H3. The third kappa shape index (κ3) is 3.85. The fourth-order valence-corrected chi connectivity index (χ4v) is 2.66. The van der Waals surface area contributed by atoms with Crippen LogP contribution in [0.2, 0.25) is 0 Å². The maximum Gasteiger partial charge on any atom is 0.119 e. The molecule has 2 aromatic rings. The van der Waals surface area contributed by atoms with Crippen molar-refractivity contribution in [2.75, 3.05) is 13.7 Å². The minimum absolute atomic E-state index is 0.267. The molecule has 0 aliphatic heterocycles. The first-order valence-corrected chi connectivity index (χ1v) is 7.58. The zero-order chi connectivity index (χ0) is 15.2. The van der Waals surface area contributed by atoms with Gasteiger partial charge in [-0.1, -0.05) is 19.1 Å². The molecule has 114 valence electrons. The highest BCUT2D eigenvalue weighted by Gasteiger charge is 2.17. The molecule has 0 spiro atoms. The Kier molecular flexibility index (Phi) is 5.39. The Morgan fingerprint density at radius 2 is 2.10 bits per heavy atom. The number of rotatable bonds is 7. The van der Waals surface area contributed by atoms with E-state index in [0.717, 1.165) is 31.0 Å². The lowest BCUT2D eigenvalue weighted by Gasteiger charge is -2.19. The largest absolute Gasteiger partial charge is 0.497 e. The molecule has 1 aromatic carbocycles. The van der Waals surface area contributed by atoms with E-state index < -0.39 is 0 Å². The van der Waals surface area contributed by atoms with Gasteiger partial charge in [-0.25, -0.2) is 0 Å². The predicted octanol–water partition coefficient (Wildman–Crippen LogP) is 3.11. The topological polar surface area (TPSA) is 39.1 Å². The molecule has 0 amide bonds. The van der Waals surface area contributed by atoms with E-state index in [1.165, 1.54) is 11.3 Å². The van der Waals surface area contributed by atoms with Crippen molar-refractivity contribution in [3.05, 3.63) is 47.3 Å². The summed E-state index contributed by atoms with van der Waals surface area (Å²) in [6, 6.07) is 10.7. The van der Waals surface area contributed by atoms with Crippen molar-refractivity contribution >= 4 is 0 Å². The number of likely N-dealkylation sites (N-methyl/N-ethyl adjacent to an activating group) is 1. The SMILES string of the molecule is CCNC(Cc1cccc(OC)c1)c1cc(C)nn1CC. The fraction of sp³-hybridized carbons (Fsp3) is 0.471. The van der Waals surface area contributed by atoms with Gasteiger partial charge >= 0.3 is 0 Å². The van der Waals surface area contributed by atoms with Crippen LogP contribution in [0.1, 0.15) is 36.8 Å². The summed E-state index contributed by atoms with van der Waals surface area (Å²) < 4.78 is 7.40. The summed E-state index contributed by atoms with van der Waals surface area (Å²) in [5, 5.41) is 8.13. The van der Waals surface area contributed by atoms with Crippen molar-refractivity contribution in [3.63, 3.8) is 0 Å². The summed E-state index contributed by atoms with van der Waals surface area (Å²) in [5.74, 6) is 0.905. The van der Waals surface area contributed by atoms with E-state index in [1.54, 1.807) is 7.11 Å². The normalized spacial score (nSPS) is 12.4. The molecule has 0 saturated heterocycles. The van der Waals surface area contributed by atoms with Gasteiger partial charge < -0.3 is 10.1 Å². The monoisotopic (exact) mass is 287 g/mol. The van der Waals surface area contributed by atoms with Gasteiger partial charge in [0.1, 0.15) is 5.75 Å². The quantitative estimate of drug-likeness (QED) is 0.850. The van der Waals surface area contributed by atoms with E-state index in [4.69, 9.17) is 4.74 Å². The van der Waals surface area contributed by atoms with Crippen molar-refractivity contribution in [2.24, 2.45) is 0 Å². The van der Waals surface area contributed by atoms with E-state index >= 15 is 0 Å². The van der Waals surface area contributed by atoms with E-state index in [1.807, 2.05) is 19.1 Å². The number of hydrogen-bond donors (Lipinski definition) is 1. The third-order valence-corrected chi connectivity index (χ3v) is 3.61. The fourth-order valence-electron chi connectivity index (χ4n) is 2.66. The highest BCUT2D eigenvalue weighted by atomic mass is 16.5. The molecular formula is C17H25N3O.